The van der Waals surface area contributed by atoms with Crippen LogP contribution in [0.5, 0.6) is 0 Å². The molecule has 4 rings (SSSR count). The zero-order valence-electron chi connectivity index (χ0n) is 17.0. The molecule has 0 saturated heterocycles. The average Bonchev–Trinajstić information content (AvgIpc) is 2.80. The van der Waals surface area contributed by atoms with Crippen LogP contribution in [0.3, 0.4) is 0 Å². The second-order valence-electron chi connectivity index (χ2n) is 7.09. The molecule has 2 N–H and O–H groups in total. The number of anilines is 1. The van der Waals surface area contributed by atoms with Crippen LogP contribution in [0.2, 0.25) is 0 Å². The van der Waals surface area contributed by atoms with Gasteiger partial charge < -0.3 is 4.98 Å². The summed E-state index contributed by atoms with van der Waals surface area (Å²) in [5, 5.41) is 2.30. The van der Waals surface area contributed by atoms with E-state index >= 15 is 0 Å². The number of carbonyl (C=O) groups excluding carboxylic acids is 1. The van der Waals surface area contributed by atoms with Gasteiger partial charge in [-0.05, 0) is 55.0 Å². The zero-order valence-corrected chi connectivity index (χ0v) is 17.9. The lowest BCUT2D eigenvalue weighted by atomic mass is 10.1. The Kier molecular flexibility index (Phi) is 5.95. The molecule has 0 fully saturated rings. The van der Waals surface area contributed by atoms with Gasteiger partial charge in [0.15, 0.2) is 4.77 Å². The van der Waals surface area contributed by atoms with E-state index in [1.165, 1.54) is 4.57 Å². The van der Waals surface area contributed by atoms with Crippen molar-refractivity contribution in [1.82, 2.24) is 15.0 Å². The van der Waals surface area contributed by atoms with Gasteiger partial charge in [-0.3, -0.25) is 24.6 Å². The van der Waals surface area contributed by atoms with Crippen LogP contribution in [-0.4, -0.2) is 15.5 Å². The third kappa shape index (κ3) is 4.41. The number of aromatic amines is 1. The van der Waals surface area contributed by atoms with Gasteiger partial charge in [0.25, 0.3) is 11.5 Å². The molecule has 1 aromatic heterocycles. The fourth-order valence-corrected chi connectivity index (χ4v) is 3.76. The number of hydrogen-bond acceptors (Lipinski definition) is 4. The van der Waals surface area contributed by atoms with Crippen LogP contribution in [0.4, 0.5) is 5.69 Å². The fourth-order valence-electron chi connectivity index (χ4n) is 3.44. The van der Waals surface area contributed by atoms with E-state index in [0.29, 0.717) is 34.3 Å². The Balaban J connectivity index is 1.66. The molecule has 1 heterocycles. The van der Waals surface area contributed by atoms with Crippen molar-refractivity contribution in [3.8, 4) is 0 Å². The summed E-state index contributed by atoms with van der Waals surface area (Å²) >= 11 is 5.28. The van der Waals surface area contributed by atoms with Gasteiger partial charge in [-0.1, -0.05) is 48.5 Å². The number of fused-ring (bicyclic) bond motifs is 1. The molecule has 0 saturated carbocycles. The molecule has 156 valence electrons. The molecule has 1 amide bonds. The molecule has 0 bridgehead atoms. The highest BCUT2D eigenvalue weighted by atomic mass is 32.1. The number of carbonyl (C=O) groups is 1. The smallest absolute Gasteiger partial charge is 0.269 e. The van der Waals surface area contributed by atoms with E-state index in [2.05, 4.69) is 10.4 Å². The minimum atomic E-state index is -0.277. The highest BCUT2D eigenvalue weighted by Gasteiger charge is 2.14. The number of hydrogen-bond donors (Lipinski definition) is 2. The Morgan fingerprint density at radius 1 is 1.03 bits per heavy atom. The van der Waals surface area contributed by atoms with Crippen molar-refractivity contribution in [2.24, 2.45) is 0 Å². The summed E-state index contributed by atoms with van der Waals surface area (Å²) < 4.78 is 1.83. The van der Waals surface area contributed by atoms with Crippen molar-refractivity contribution in [2.45, 2.75) is 20.0 Å². The van der Waals surface area contributed by atoms with E-state index in [9.17, 15) is 9.59 Å². The lowest BCUT2D eigenvalue weighted by Gasteiger charge is -2.25. The molecule has 0 aliphatic heterocycles. The fraction of sp³-hybridized carbons (Fsp3) is 0.125. The summed E-state index contributed by atoms with van der Waals surface area (Å²) in [7, 11) is 0. The minimum absolute atomic E-state index is 0.164. The van der Waals surface area contributed by atoms with Gasteiger partial charge in [0.2, 0.25) is 0 Å². The Labute approximate surface area is 184 Å². The minimum Gasteiger partial charge on any atom is -0.332 e. The number of benzene rings is 3. The summed E-state index contributed by atoms with van der Waals surface area (Å²) in [4.78, 5) is 28.7. The molecular formula is C24H22N4O2S. The molecule has 4 aromatic rings. The van der Waals surface area contributed by atoms with E-state index in [4.69, 9.17) is 12.2 Å². The second-order valence-corrected chi connectivity index (χ2v) is 7.47. The first-order chi connectivity index (χ1) is 15.1. The predicted octanol–water partition coefficient (Wildman–Crippen LogP) is 4.43. The largest absolute Gasteiger partial charge is 0.332 e. The Hall–Kier alpha value is -3.71. The maximum atomic E-state index is 13.1. The summed E-state index contributed by atoms with van der Waals surface area (Å²) in [5.41, 5.74) is 5.73. The molecule has 3 aromatic carbocycles. The maximum Gasteiger partial charge on any atom is 0.269 e. The van der Waals surface area contributed by atoms with E-state index in [1.54, 1.807) is 23.2 Å². The molecule has 0 aliphatic carbocycles. The van der Waals surface area contributed by atoms with Gasteiger partial charge in [0.05, 0.1) is 23.1 Å². The number of rotatable bonds is 6. The van der Waals surface area contributed by atoms with Gasteiger partial charge in [-0.15, -0.1) is 0 Å². The van der Waals surface area contributed by atoms with Crippen molar-refractivity contribution in [3.63, 3.8) is 0 Å². The number of amides is 1. The third-order valence-corrected chi connectivity index (χ3v) is 5.37. The summed E-state index contributed by atoms with van der Waals surface area (Å²) in [6.45, 7) is 2.86. The molecule has 31 heavy (non-hydrogen) atoms. The van der Waals surface area contributed by atoms with Crippen LogP contribution < -0.4 is 16.0 Å². The van der Waals surface area contributed by atoms with Crippen molar-refractivity contribution < 1.29 is 4.79 Å². The van der Waals surface area contributed by atoms with Crippen LogP contribution in [0.1, 0.15) is 22.8 Å². The highest BCUT2D eigenvalue weighted by Crippen LogP contribution is 2.16. The first-order valence-corrected chi connectivity index (χ1v) is 10.4. The molecule has 0 unspecified atom stereocenters. The zero-order chi connectivity index (χ0) is 21.8. The van der Waals surface area contributed by atoms with Crippen molar-refractivity contribution in [2.75, 3.05) is 5.01 Å². The van der Waals surface area contributed by atoms with Gasteiger partial charge in [0, 0.05) is 12.1 Å². The van der Waals surface area contributed by atoms with E-state index in [1.807, 2.05) is 67.6 Å². The Morgan fingerprint density at radius 2 is 1.71 bits per heavy atom. The summed E-state index contributed by atoms with van der Waals surface area (Å²) in [6, 6.07) is 24.5. The van der Waals surface area contributed by atoms with Gasteiger partial charge >= 0.3 is 0 Å². The molecule has 0 spiro atoms. The van der Waals surface area contributed by atoms with E-state index < -0.39 is 0 Å². The maximum absolute atomic E-state index is 13.1. The number of para-hydroxylation sites is 1. The monoisotopic (exact) mass is 430 g/mol. The van der Waals surface area contributed by atoms with Gasteiger partial charge in [-0.2, -0.15) is 0 Å². The Bertz CT molecular complexity index is 1330. The normalized spacial score (nSPS) is 10.7. The highest BCUT2D eigenvalue weighted by molar-refractivity contribution is 7.71. The molecular weight excluding hydrogens is 408 g/mol. The van der Waals surface area contributed by atoms with Crippen molar-refractivity contribution >= 4 is 34.7 Å². The van der Waals surface area contributed by atoms with E-state index in [0.717, 1.165) is 11.3 Å². The number of hydrazine groups is 1. The second kappa shape index (κ2) is 8.97. The van der Waals surface area contributed by atoms with Crippen LogP contribution in [-0.2, 0) is 13.1 Å². The van der Waals surface area contributed by atoms with Crippen LogP contribution in [0.25, 0.3) is 10.9 Å². The lowest BCUT2D eigenvalue weighted by Crippen LogP contribution is -2.42. The van der Waals surface area contributed by atoms with Crippen LogP contribution in [0, 0.1) is 4.77 Å². The summed E-state index contributed by atoms with van der Waals surface area (Å²) in [5.74, 6) is -0.277. The third-order valence-electron chi connectivity index (χ3n) is 5.05. The first kappa shape index (κ1) is 20.6. The van der Waals surface area contributed by atoms with Gasteiger partial charge in [0.1, 0.15) is 0 Å². The summed E-state index contributed by atoms with van der Waals surface area (Å²) in [6.07, 6.45) is 0. The SMILES string of the molecule is CCn1c(=S)[nH]c2cc(C(=O)NN(Cc3ccccc3)c3ccccc3)ccc2c1=O. The lowest BCUT2D eigenvalue weighted by molar-refractivity contribution is 0.0948. The topological polar surface area (TPSA) is 70.1 Å². The molecule has 7 heteroatoms. The standard InChI is InChI=1S/C24H22N4O2S/c1-2-27-23(30)20-14-13-18(15-21(20)25-24(27)31)22(29)26-28(19-11-7-4-8-12-19)16-17-9-5-3-6-10-17/h3-15H,2,16H2,1H3,(H,25,31)(H,26,29). The predicted molar refractivity (Wildman–Crippen MR) is 126 cm³/mol. The van der Waals surface area contributed by atoms with E-state index in [-0.39, 0.29) is 11.5 Å². The number of H-pyrrole nitrogens is 1. The van der Waals surface area contributed by atoms with Crippen molar-refractivity contribution in [3.05, 3.63) is 105 Å². The quantitative estimate of drug-likeness (QED) is 0.351. The number of nitrogens with one attached hydrogen (secondary N) is 2. The van der Waals surface area contributed by atoms with Crippen molar-refractivity contribution in [1.29, 1.82) is 0 Å². The first-order valence-electron chi connectivity index (χ1n) is 10.0. The molecule has 0 atom stereocenters. The molecule has 0 aliphatic rings. The van der Waals surface area contributed by atoms with Crippen LogP contribution in [0.15, 0.2) is 83.7 Å². The molecule has 6 nitrogen and oxygen atoms in total. The average molecular weight is 431 g/mol. The Morgan fingerprint density at radius 3 is 2.39 bits per heavy atom. The number of nitrogens with zero attached hydrogens (tertiary/aromatic N) is 2. The molecule has 0 radical (unpaired) electrons. The van der Waals surface area contributed by atoms with Crippen LogP contribution >= 0.6 is 12.2 Å². The van der Waals surface area contributed by atoms with Gasteiger partial charge in [-0.25, -0.2) is 0 Å². The number of aromatic nitrogens is 2.